The summed E-state index contributed by atoms with van der Waals surface area (Å²) in [5.74, 6) is 5.31. The minimum absolute atomic E-state index is 0.0950. The summed E-state index contributed by atoms with van der Waals surface area (Å²) in [5, 5.41) is 11.3. The number of hydrazine groups is 1. The molecule has 0 fully saturated rings. The fraction of sp³-hybridized carbons (Fsp3) is 0.227. The van der Waals surface area contributed by atoms with Gasteiger partial charge in [0.1, 0.15) is 11.4 Å². The zero-order valence-electron chi connectivity index (χ0n) is 17.0. The van der Waals surface area contributed by atoms with Crippen LogP contribution in [0.5, 0.6) is 0 Å². The van der Waals surface area contributed by atoms with Crippen molar-refractivity contribution < 1.29 is 27.1 Å². The van der Waals surface area contributed by atoms with Crippen LogP contribution >= 0.6 is 0 Å². The Bertz CT molecular complexity index is 1220. The molecule has 0 aliphatic carbocycles. The standard InChI is InChI=1S/C22H21F4N3O3/c1-2-21(31,22(24,25)26)19(27)12-29(28)11-13-6-7-16-17(10-20(30)32-18(16)8-13)14-4-3-5-15(23)9-14/h3-10,12,31H,2,11,27-28H2,1H3/b19-12-/t21-/m0/s1. The second-order valence-corrected chi connectivity index (χ2v) is 7.29. The first-order valence-corrected chi connectivity index (χ1v) is 9.55. The van der Waals surface area contributed by atoms with Crippen molar-refractivity contribution in [3.8, 4) is 11.1 Å². The fourth-order valence-electron chi connectivity index (χ4n) is 3.31. The number of hydrogen-bond acceptors (Lipinski definition) is 6. The Morgan fingerprint density at radius 1 is 1.19 bits per heavy atom. The molecule has 0 aliphatic rings. The molecule has 0 spiro atoms. The SMILES string of the molecule is CC[C@](O)(/C(N)=C/N(N)Cc1ccc2c(-c3cccc(F)c3)cc(=O)oc2c1)C(F)(F)F. The molecule has 1 atom stereocenters. The maximum atomic E-state index is 13.6. The molecule has 0 amide bonds. The summed E-state index contributed by atoms with van der Waals surface area (Å²) in [5.41, 5.74) is 2.42. The highest BCUT2D eigenvalue weighted by Gasteiger charge is 2.54. The first kappa shape index (κ1) is 23.3. The van der Waals surface area contributed by atoms with E-state index in [9.17, 15) is 27.5 Å². The van der Waals surface area contributed by atoms with E-state index >= 15 is 0 Å². The van der Waals surface area contributed by atoms with Crippen LogP contribution in [0.3, 0.4) is 0 Å². The van der Waals surface area contributed by atoms with Gasteiger partial charge in [0.2, 0.25) is 5.60 Å². The Morgan fingerprint density at radius 3 is 2.53 bits per heavy atom. The van der Waals surface area contributed by atoms with Gasteiger partial charge < -0.3 is 20.3 Å². The molecule has 1 heterocycles. The van der Waals surface area contributed by atoms with Crippen molar-refractivity contribution in [1.29, 1.82) is 0 Å². The summed E-state index contributed by atoms with van der Waals surface area (Å²) < 4.78 is 58.3. The maximum Gasteiger partial charge on any atom is 0.422 e. The highest BCUT2D eigenvalue weighted by atomic mass is 19.4. The number of nitrogens with zero attached hydrogens (tertiary/aromatic N) is 1. The van der Waals surface area contributed by atoms with Gasteiger partial charge in [0.05, 0.1) is 12.2 Å². The third-order valence-corrected chi connectivity index (χ3v) is 5.07. The average Bonchev–Trinajstić information content (AvgIpc) is 2.71. The summed E-state index contributed by atoms with van der Waals surface area (Å²) in [6, 6.07) is 11.7. The molecule has 1 aromatic heterocycles. The van der Waals surface area contributed by atoms with Crippen LogP contribution in [0, 0.1) is 5.82 Å². The van der Waals surface area contributed by atoms with Crippen molar-refractivity contribution >= 4 is 11.0 Å². The van der Waals surface area contributed by atoms with Gasteiger partial charge in [-0.1, -0.05) is 31.2 Å². The number of alkyl halides is 3. The molecular formula is C22H21F4N3O3. The first-order valence-electron chi connectivity index (χ1n) is 9.55. The summed E-state index contributed by atoms with van der Waals surface area (Å²) >= 11 is 0. The number of nitrogens with two attached hydrogens (primary N) is 2. The van der Waals surface area contributed by atoms with Crippen LogP contribution in [0.4, 0.5) is 17.6 Å². The second-order valence-electron chi connectivity index (χ2n) is 7.29. The molecule has 170 valence electrons. The number of hydrogen-bond donors (Lipinski definition) is 3. The molecule has 0 saturated heterocycles. The van der Waals surface area contributed by atoms with Crippen molar-refractivity contribution in [3.63, 3.8) is 0 Å². The molecule has 10 heteroatoms. The molecule has 5 N–H and O–H groups in total. The van der Waals surface area contributed by atoms with Crippen molar-refractivity contribution in [2.24, 2.45) is 11.6 Å². The smallest absolute Gasteiger partial charge is 0.422 e. The van der Waals surface area contributed by atoms with E-state index in [-0.39, 0.29) is 12.1 Å². The lowest BCUT2D eigenvalue weighted by molar-refractivity contribution is -0.245. The molecule has 0 aliphatic heterocycles. The maximum absolute atomic E-state index is 13.6. The van der Waals surface area contributed by atoms with Crippen LogP contribution in [0.2, 0.25) is 0 Å². The van der Waals surface area contributed by atoms with Gasteiger partial charge in [-0.25, -0.2) is 15.0 Å². The van der Waals surface area contributed by atoms with E-state index in [1.165, 1.54) is 30.3 Å². The van der Waals surface area contributed by atoms with E-state index in [1.807, 2.05) is 0 Å². The average molecular weight is 451 g/mol. The Hall–Kier alpha value is -3.37. The molecule has 3 aromatic rings. The molecule has 0 radical (unpaired) electrons. The third kappa shape index (κ3) is 4.61. The van der Waals surface area contributed by atoms with Gasteiger partial charge >= 0.3 is 11.8 Å². The van der Waals surface area contributed by atoms with Gasteiger partial charge in [-0.3, -0.25) is 0 Å². The van der Waals surface area contributed by atoms with Gasteiger partial charge in [0.25, 0.3) is 0 Å². The number of benzene rings is 2. The van der Waals surface area contributed by atoms with Crippen LogP contribution in [0.1, 0.15) is 18.9 Å². The minimum atomic E-state index is -4.97. The van der Waals surface area contributed by atoms with Gasteiger partial charge in [-0.05, 0) is 41.3 Å². The summed E-state index contributed by atoms with van der Waals surface area (Å²) in [7, 11) is 0. The van der Waals surface area contributed by atoms with Crippen molar-refractivity contribution in [2.75, 3.05) is 0 Å². The molecule has 0 saturated carbocycles. The lowest BCUT2D eigenvalue weighted by Crippen LogP contribution is -2.49. The van der Waals surface area contributed by atoms with E-state index in [4.69, 9.17) is 16.0 Å². The zero-order valence-corrected chi connectivity index (χ0v) is 17.0. The Morgan fingerprint density at radius 2 is 1.91 bits per heavy atom. The monoisotopic (exact) mass is 451 g/mol. The predicted molar refractivity (Wildman–Crippen MR) is 111 cm³/mol. The molecule has 0 unspecified atom stereocenters. The molecule has 32 heavy (non-hydrogen) atoms. The lowest BCUT2D eigenvalue weighted by atomic mass is 9.96. The van der Waals surface area contributed by atoms with Crippen LogP contribution in [0.15, 0.2) is 69.6 Å². The van der Waals surface area contributed by atoms with Gasteiger partial charge in [0, 0.05) is 17.7 Å². The fourth-order valence-corrected chi connectivity index (χ4v) is 3.31. The zero-order chi connectivity index (χ0) is 23.7. The molecule has 3 rings (SSSR count). The van der Waals surface area contributed by atoms with Crippen LogP contribution in [-0.2, 0) is 6.54 Å². The van der Waals surface area contributed by atoms with Crippen molar-refractivity contribution in [3.05, 3.63) is 82.2 Å². The quantitative estimate of drug-likeness (QED) is 0.228. The number of aliphatic hydroxyl groups is 1. The summed E-state index contributed by atoms with van der Waals surface area (Å²) in [6.45, 7) is 1.05. The highest BCUT2D eigenvalue weighted by Crippen LogP contribution is 2.37. The number of rotatable bonds is 6. The molecule has 6 nitrogen and oxygen atoms in total. The Labute approximate surface area is 180 Å². The summed E-state index contributed by atoms with van der Waals surface area (Å²) in [4.78, 5) is 12.0. The second kappa shape index (κ2) is 8.64. The lowest BCUT2D eigenvalue weighted by Gasteiger charge is -2.30. The topological polar surface area (TPSA) is 106 Å². The van der Waals surface area contributed by atoms with E-state index in [2.05, 4.69) is 0 Å². The Kier molecular flexibility index (Phi) is 6.29. The van der Waals surface area contributed by atoms with Crippen LogP contribution < -0.4 is 17.2 Å². The van der Waals surface area contributed by atoms with Crippen molar-refractivity contribution in [2.45, 2.75) is 31.7 Å². The predicted octanol–water partition coefficient (Wildman–Crippen LogP) is 3.78. The third-order valence-electron chi connectivity index (χ3n) is 5.07. The number of halogens is 4. The largest absolute Gasteiger partial charge is 0.423 e. The molecule has 2 aromatic carbocycles. The highest BCUT2D eigenvalue weighted by molar-refractivity contribution is 5.93. The van der Waals surface area contributed by atoms with Crippen LogP contribution in [0.25, 0.3) is 22.1 Å². The first-order chi connectivity index (χ1) is 14.9. The molecular weight excluding hydrogens is 430 g/mol. The van der Waals surface area contributed by atoms with Crippen LogP contribution in [-0.4, -0.2) is 21.9 Å². The van der Waals surface area contributed by atoms with E-state index < -0.39 is 35.3 Å². The number of fused-ring (bicyclic) bond motifs is 1. The van der Waals surface area contributed by atoms with E-state index in [0.717, 1.165) is 18.1 Å². The minimum Gasteiger partial charge on any atom is -0.423 e. The van der Waals surface area contributed by atoms with Crippen molar-refractivity contribution in [1.82, 2.24) is 5.01 Å². The van der Waals surface area contributed by atoms with E-state index in [0.29, 0.717) is 22.1 Å². The van der Waals surface area contributed by atoms with E-state index in [1.54, 1.807) is 18.2 Å². The summed E-state index contributed by atoms with van der Waals surface area (Å²) in [6.07, 6.45) is -4.85. The van der Waals surface area contributed by atoms with Gasteiger partial charge in [-0.15, -0.1) is 0 Å². The van der Waals surface area contributed by atoms with Gasteiger partial charge in [-0.2, -0.15) is 13.2 Å². The molecule has 0 bridgehead atoms. The Balaban J connectivity index is 1.93. The normalized spacial score (nSPS) is 14.4. The van der Waals surface area contributed by atoms with Gasteiger partial charge in [0.15, 0.2) is 0 Å².